The molecule has 0 radical (unpaired) electrons. The molecule has 2 rings (SSSR count). The van der Waals surface area contributed by atoms with E-state index in [1.807, 2.05) is 12.1 Å². The van der Waals surface area contributed by atoms with E-state index in [0.29, 0.717) is 23.3 Å². The van der Waals surface area contributed by atoms with Crippen molar-refractivity contribution in [2.45, 2.75) is 11.3 Å². The summed E-state index contributed by atoms with van der Waals surface area (Å²) in [5.41, 5.74) is 0.974. The SMILES string of the molecule is CNc1ncc(Br)cc1S(=O)(=O)NCCc1cccnc1. The quantitative estimate of drug-likeness (QED) is 0.809. The Labute approximate surface area is 132 Å². The second kappa shape index (κ2) is 6.97. The van der Waals surface area contributed by atoms with Gasteiger partial charge in [0.25, 0.3) is 0 Å². The van der Waals surface area contributed by atoms with Crippen LogP contribution in [0.5, 0.6) is 0 Å². The molecule has 0 spiro atoms. The predicted octanol–water partition coefficient (Wildman–Crippen LogP) is 1.80. The van der Waals surface area contributed by atoms with Crippen molar-refractivity contribution in [3.05, 3.63) is 46.8 Å². The first-order chi connectivity index (χ1) is 10.0. The van der Waals surface area contributed by atoms with Crippen LogP contribution in [-0.4, -0.2) is 32.0 Å². The van der Waals surface area contributed by atoms with E-state index in [4.69, 9.17) is 0 Å². The maximum Gasteiger partial charge on any atom is 0.244 e. The van der Waals surface area contributed by atoms with Crippen molar-refractivity contribution in [3.8, 4) is 0 Å². The van der Waals surface area contributed by atoms with Gasteiger partial charge in [-0.05, 0) is 40.0 Å². The highest BCUT2D eigenvalue weighted by molar-refractivity contribution is 9.10. The number of sulfonamides is 1. The largest absolute Gasteiger partial charge is 0.372 e. The molecule has 0 saturated carbocycles. The van der Waals surface area contributed by atoms with E-state index in [1.54, 1.807) is 25.6 Å². The number of rotatable bonds is 6. The van der Waals surface area contributed by atoms with Gasteiger partial charge in [0.05, 0.1) is 0 Å². The van der Waals surface area contributed by atoms with Crippen LogP contribution in [0.3, 0.4) is 0 Å². The maximum absolute atomic E-state index is 12.3. The van der Waals surface area contributed by atoms with E-state index in [1.165, 1.54) is 6.07 Å². The van der Waals surface area contributed by atoms with Gasteiger partial charge in [-0.15, -0.1) is 0 Å². The smallest absolute Gasteiger partial charge is 0.244 e. The molecule has 0 aromatic carbocycles. The molecule has 2 heterocycles. The fourth-order valence-electron chi connectivity index (χ4n) is 1.77. The van der Waals surface area contributed by atoms with E-state index in [9.17, 15) is 8.42 Å². The fraction of sp³-hybridized carbons (Fsp3) is 0.231. The molecule has 0 aliphatic heterocycles. The Morgan fingerprint density at radius 2 is 2.14 bits per heavy atom. The van der Waals surface area contributed by atoms with Crippen LogP contribution >= 0.6 is 15.9 Å². The molecule has 0 saturated heterocycles. The molecule has 0 aliphatic carbocycles. The van der Waals surface area contributed by atoms with Crippen molar-refractivity contribution in [1.29, 1.82) is 0 Å². The van der Waals surface area contributed by atoms with E-state index in [2.05, 4.69) is 35.9 Å². The molecule has 0 atom stereocenters. The zero-order chi connectivity index (χ0) is 15.3. The topological polar surface area (TPSA) is 84.0 Å². The molecule has 112 valence electrons. The second-order valence-corrected chi connectivity index (χ2v) is 6.91. The minimum absolute atomic E-state index is 0.116. The van der Waals surface area contributed by atoms with Gasteiger partial charge in [-0.2, -0.15) is 0 Å². The number of aromatic nitrogens is 2. The summed E-state index contributed by atoms with van der Waals surface area (Å²) < 4.78 is 27.8. The summed E-state index contributed by atoms with van der Waals surface area (Å²) in [6, 6.07) is 5.24. The molecule has 0 aliphatic rings. The van der Waals surface area contributed by atoms with Gasteiger partial charge in [0.1, 0.15) is 10.7 Å². The van der Waals surface area contributed by atoms with Gasteiger partial charge >= 0.3 is 0 Å². The number of halogens is 1. The minimum atomic E-state index is -3.62. The van der Waals surface area contributed by atoms with Gasteiger partial charge in [0, 0.05) is 36.7 Å². The normalized spacial score (nSPS) is 11.3. The Balaban J connectivity index is 2.10. The Hall–Kier alpha value is -1.51. The van der Waals surface area contributed by atoms with Gasteiger partial charge in [0.2, 0.25) is 10.0 Å². The highest BCUT2D eigenvalue weighted by atomic mass is 79.9. The first-order valence-electron chi connectivity index (χ1n) is 6.25. The summed E-state index contributed by atoms with van der Waals surface area (Å²) in [6.07, 6.45) is 5.51. The Morgan fingerprint density at radius 1 is 1.33 bits per heavy atom. The lowest BCUT2D eigenvalue weighted by atomic mass is 10.2. The zero-order valence-electron chi connectivity index (χ0n) is 11.4. The number of hydrogen-bond acceptors (Lipinski definition) is 5. The average Bonchev–Trinajstić information content (AvgIpc) is 2.48. The van der Waals surface area contributed by atoms with Crippen LogP contribution in [-0.2, 0) is 16.4 Å². The van der Waals surface area contributed by atoms with Crippen LogP contribution in [0.2, 0.25) is 0 Å². The van der Waals surface area contributed by atoms with Gasteiger partial charge < -0.3 is 5.32 Å². The van der Waals surface area contributed by atoms with Gasteiger partial charge in [-0.25, -0.2) is 18.1 Å². The van der Waals surface area contributed by atoms with Crippen LogP contribution in [0, 0.1) is 0 Å². The molecular formula is C13H15BrN4O2S. The third kappa shape index (κ3) is 4.23. The molecule has 0 amide bonds. The van der Waals surface area contributed by atoms with E-state index in [0.717, 1.165) is 5.56 Å². The molecular weight excluding hydrogens is 356 g/mol. The van der Waals surface area contributed by atoms with Crippen molar-refractivity contribution < 1.29 is 8.42 Å². The number of pyridine rings is 2. The number of anilines is 1. The monoisotopic (exact) mass is 370 g/mol. The van der Waals surface area contributed by atoms with Crippen LogP contribution in [0.25, 0.3) is 0 Å². The first kappa shape index (κ1) is 15.9. The predicted molar refractivity (Wildman–Crippen MR) is 84.6 cm³/mol. The second-order valence-electron chi connectivity index (χ2n) is 4.26. The van der Waals surface area contributed by atoms with Crippen LogP contribution in [0.1, 0.15) is 5.56 Å². The Bertz CT molecular complexity index is 707. The zero-order valence-corrected chi connectivity index (χ0v) is 13.8. The molecule has 6 nitrogen and oxygen atoms in total. The lowest BCUT2D eigenvalue weighted by Gasteiger charge is -2.10. The highest BCUT2D eigenvalue weighted by Gasteiger charge is 2.19. The molecule has 2 aromatic heterocycles. The van der Waals surface area contributed by atoms with Gasteiger partial charge in [-0.1, -0.05) is 6.07 Å². The van der Waals surface area contributed by atoms with Gasteiger partial charge in [0.15, 0.2) is 0 Å². The van der Waals surface area contributed by atoms with Crippen molar-refractivity contribution in [2.24, 2.45) is 0 Å². The van der Waals surface area contributed by atoms with E-state index >= 15 is 0 Å². The van der Waals surface area contributed by atoms with Gasteiger partial charge in [-0.3, -0.25) is 4.98 Å². The van der Waals surface area contributed by atoms with Crippen LogP contribution < -0.4 is 10.0 Å². The summed E-state index contributed by atoms with van der Waals surface area (Å²) in [5.74, 6) is 0.312. The van der Waals surface area contributed by atoms with E-state index in [-0.39, 0.29) is 4.90 Å². The summed E-state index contributed by atoms with van der Waals surface area (Å²) in [6.45, 7) is 0.295. The maximum atomic E-state index is 12.3. The first-order valence-corrected chi connectivity index (χ1v) is 8.52. The third-order valence-corrected chi connectivity index (χ3v) is 4.68. The van der Waals surface area contributed by atoms with Crippen LogP contribution in [0.4, 0.5) is 5.82 Å². The molecule has 0 fully saturated rings. The number of nitrogens with one attached hydrogen (secondary N) is 2. The molecule has 2 aromatic rings. The van der Waals surface area contributed by atoms with Crippen LogP contribution in [0.15, 0.2) is 46.2 Å². The number of nitrogens with zero attached hydrogens (tertiary/aromatic N) is 2. The summed E-state index contributed by atoms with van der Waals surface area (Å²) in [4.78, 5) is 8.15. The summed E-state index contributed by atoms with van der Waals surface area (Å²) >= 11 is 3.23. The summed E-state index contributed by atoms with van der Waals surface area (Å²) in [5, 5.41) is 2.78. The standard InChI is InChI=1S/C13H15BrN4O2S/c1-15-13-12(7-11(14)9-17-13)21(19,20)18-6-4-10-3-2-5-16-8-10/h2-3,5,7-9,18H,4,6H2,1H3,(H,15,17). The minimum Gasteiger partial charge on any atom is -0.372 e. The van der Waals surface area contributed by atoms with Crippen molar-refractivity contribution >= 4 is 31.8 Å². The van der Waals surface area contributed by atoms with Crippen molar-refractivity contribution in [1.82, 2.24) is 14.7 Å². The van der Waals surface area contributed by atoms with Crippen molar-refractivity contribution in [3.63, 3.8) is 0 Å². The summed E-state index contributed by atoms with van der Waals surface area (Å²) in [7, 11) is -1.99. The lowest BCUT2D eigenvalue weighted by molar-refractivity contribution is 0.581. The Kier molecular flexibility index (Phi) is 5.27. The molecule has 8 heteroatoms. The molecule has 2 N–H and O–H groups in total. The van der Waals surface area contributed by atoms with Crippen molar-refractivity contribution in [2.75, 3.05) is 18.9 Å². The molecule has 0 bridgehead atoms. The number of hydrogen-bond donors (Lipinski definition) is 2. The molecule has 21 heavy (non-hydrogen) atoms. The Morgan fingerprint density at radius 3 is 2.81 bits per heavy atom. The fourth-order valence-corrected chi connectivity index (χ4v) is 3.47. The van der Waals surface area contributed by atoms with E-state index < -0.39 is 10.0 Å². The molecule has 0 unspecified atom stereocenters. The highest BCUT2D eigenvalue weighted by Crippen LogP contribution is 2.22. The average molecular weight is 371 g/mol. The lowest BCUT2D eigenvalue weighted by Crippen LogP contribution is -2.27. The third-order valence-electron chi connectivity index (χ3n) is 2.77.